The summed E-state index contributed by atoms with van der Waals surface area (Å²) >= 11 is 0. The van der Waals surface area contributed by atoms with E-state index in [4.69, 9.17) is 0 Å². The van der Waals surface area contributed by atoms with Crippen LogP contribution in [0.5, 0.6) is 0 Å². The summed E-state index contributed by atoms with van der Waals surface area (Å²) < 4.78 is 27.0. The molecule has 0 bridgehead atoms. The van der Waals surface area contributed by atoms with E-state index in [0.717, 1.165) is 0 Å². The highest BCUT2D eigenvalue weighted by Crippen LogP contribution is 2.21. The molecule has 1 aliphatic rings. The van der Waals surface area contributed by atoms with Gasteiger partial charge in [-0.1, -0.05) is 12.1 Å². The van der Waals surface area contributed by atoms with Crippen molar-refractivity contribution in [2.45, 2.75) is 13.3 Å². The van der Waals surface area contributed by atoms with E-state index >= 15 is 0 Å². The van der Waals surface area contributed by atoms with Crippen molar-refractivity contribution in [1.82, 2.24) is 4.90 Å². The van der Waals surface area contributed by atoms with Gasteiger partial charge in [-0.2, -0.15) is 0 Å². The second kappa shape index (κ2) is 8.82. The van der Waals surface area contributed by atoms with Crippen LogP contribution in [-0.2, 0) is 9.59 Å². The molecule has 3 rings (SSSR count). The zero-order chi connectivity index (χ0) is 20.1. The summed E-state index contributed by atoms with van der Waals surface area (Å²) in [6, 6.07) is 12.2. The molecule has 2 aromatic rings. The van der Waals surface area contributed by atoms with Crippen LogP contribution in [-0.4, -0.2) is 49.4 Å². The van der Waals surface area contributed by atoms with E-state index in [0.29, 0.717) is 37.6 Å². The van der Waals surface area contributed by atoms with Crippen LogP contribution in [0.15, 0.2) is 48.5 Å². The average molecular weight is 387 g/mol. The molecule has 148 valence electrons. The highest BCUT2D eigenvalue weighted by Gasteiger charge is 2.23. The number of rotatable bonds is 5. The monoisotopic (exact) mass is 387 g/mol. The van der Waals surface area contributed by atoms with Crippen molar-refractivity contribution >= 4 is 23.2 Å². The van der Waals surface area contributed by atoms with E-state index in [9.17, 15) is 18.4 Å². The molecule has 0 aliphatic carbocycles. The first-order chi connectivity index (χ1) is 13.5. The molecular weight excluding hydrogens is 364 g/mol. The highest BCUT2D eigenvalue weighted by atomic mass is 19.1. The van der Waals surface area contributed by atoms with E-state index in [1.807, 2.05) is 4.90 Å². The van der Waals surface area contributed by atoms with Gasteiger partial charge in [-0.3, -0.25) is 9.59 Å². The molecule has 0 N–H and O–H groups in total. The van der Waals surface area contributed by atoms with E-state index in [2.05, 4.69) is 0 Å². The minimum absolute atomic E-state index is 0.0541. The lowest BCUT2D eigenvalue weighted by atomic mass is 10.2. The molecule has 0 radical (unpaired) electrons. The number of piperazine rings is 1. The van der Waals surface area contributed by atoms with Crippen LogP contribution in [0.2, 0.25) is 0 Å². The first-order valence-corrected chi connectivity index (χ1v) is 9.26. The number of hydrogen-bond donors (Lipinski definition) is 0. The number of anilines is 2. The fourth-order valence-corrected chi connectivity index (χ4v) is 3.36. The van der Waals surface area contributed by atoms with Crippen molar-refractivity contribution in [2.24, 2.45) is 0 Å². The molecule has 1 aliphatic heterocycles. The van der Waals surface area contributed by atoms with Crippen molar-refractivity contribution in [3.05, 3.63) is 60.2 Å². The van der Waals surface area contributed by atoms with Crippen LogP contribution in [0.3, 0.4) is 0 Å². The lowest BCUT2D eigenvalue weighted by Gasteiger charge is -2.36. The Kier molecular flexibility index (Phi) is 6.23. The quantitative estimate of drug-likeness (QED) is 0.792. The fraction of sp³-hybridized carbons (Fsp3) is 0.333. The molecule has 0 atom stereocenters. The van der Waals surface area contributed by atoms with Crippen LogP contribution in [0.25, 0.3) is 0 Å². The summed E-state index contributed by atoms with van der Waals surface area (Å²) in [6.45, 7) is 3.77. The van der Waals surface area contributed by atoms with Crippen molar-refractivity contribution in [2.75, 3.05) is 42.5 Å². The van der Waals surface area contributed by atoms with Gasteiger partial charge in [0, 0.05) is 51.8 Å². The molecule has 0 aromatic heterocycles. The molecule has 2 amide bonds. The molecule has 1 heterocycles. The first-order valence-electron chi connectivity index (χ1n) is 9.26. The van der Waals surface area contributed by atoms with Gasteiger partial charge >= 0.3 is 0 Å². The molecule has 2 aromatic carbocycles. The Morgan fingerprint density at radius 3 is 2.21 bits per heavy atom. The second-order valence-corrected chi connectivity index (χ2v) is 6.72. The number of amides is 2. The van der Waals surface area contributed by atoms with Crippen molar-refractivity contribution in [3.63, 3.8) is 0 Å². The minimum Gasteiger partial charge on any atom is -0.366 e. The zero-order valence-electron chi connectivity index (χ0n) is 15.8. The lowest BCUT2D eigenvalue weighted by Crippen LogP contribution is -2.49. The van der Waals surface area contributed by atoms with Crippen LogP contribution in [0.4, 0.5) is 20.2 Å². The third-order valence-electron chi connectivity index (χ3n) is 4.89. The van der Waals surface area contributed by atoms with Crippen LogP contribution in [0.1, 0.15) is 13.3 Å². The SMILES string of the molecule is CC(=O)N(CCC(=O)N1CCN(c2ccccc2F)CC1)c1ccc(F)cc1. The predicted molar refractivity (Wildman–Crippen MR) is 104 cm³/mol. The molecule has 28 heavy (non-hydrogen) atoms. The molecule has 1 fully saturated rings. The van der Waals surface area contributed by atoms with Crippen molar-refractivity contribution < 1.29 is 18.4 Å². The zero-order valence-corrected chi connectivity index (χ0v) is 15.8. The van der Waals surface area contributed by atoms with Gasteiger partial charge in [0.05, 0.1) is 5.69 Å². The van der Waals surface area contributed by atoms with Crippen molar-refractivity contribution in [1.29, 1.82) is 0 Å². The van der Waals surface area contributed by atoms with Gasteiger partial charge in [0.1, 0.15) is 11.6 Å². The minimum atomic E-state index is -0.379. The van der Waals surface area contributed by atoms with Gasteiger partial charge in [-0.15, -0.1) is 0 Å². The van der Waals surface area contributed by atoms with Gasteiger partial charge in [0.2, 0.25) is 11.8 Å². The number of halogens is 2. The standard InChI is InChI=1S/C21H23F2N3O2/c1-16(27)26(18-8-6-17(22)7-9-18)11-10-21(28)25-14-12-24(13-15-25)20-5-3-2-4-19(20)23/h2-9H,10-15H2,1H3. The highest BCUT2D eigenvalue weighted by molar-refractivity contribution is 5.92. The number of nitrogens with zero attached hydrogens (tertiary/aromatic N) is 3. The Bertz CT molecular complexity index is 834. The Labute approximate surface area is 163 Å². The molecule has 1 saturated heterocycles. The third kappa shape index (κ3) is 4.65. The smallest absolute Gasteiger partial charge is 0.224 e. The maximum Gasteiger partial charge on any atom is 0.224 e. The van der Waals surface area contributed by atoms with E-state index in [1.54, 1.807) is 23.1 Å². The van der Waals surface area contributed by atoms with Crippen LogP contribution < -0.4 is 9.80 Å². The normalized spacial score (nSPS) is 14.1. The van der Waals surface area contributed by atoms with E-state index < -0.39 is 0 Å². The maximum absolute atomic E-state index is 13.9. The van der Waals surface area contributed by atoms with Crippen LogP contribution >= 0.6 is 0 Å². The summed E-state index contributed by atoms with van der Waals surface area (Å²) in [5.41, 5.74) is 1.11. The van der Waals surface area contributed by atoms with Gasteiger partial charge in [0.15, 0.2) is 0 Å². The Morgan fingerprint density at radius 1 is 0.964 bits per heavy atom. The summed E-state index contributed by atoms with van der Waals surface area (Å²) in [5, 5.41) is 0. The van der Waals surface area contributed by atoms with Crippen molar-refractivity contribution in [3.8, 4) is 0 Å². The average Bonchev–Trinajstić information content (AvgIpc) is 2.69. The maximum atomic E-state index is 13.9. The number of benzene rings is 2. The van der Waals surface area contributed by atoms with Gasteiger partial charge in [-0.25, -0.2) is 8.78 Å². The summed E-state index contributed by atoms with van der Waals surface area (Å²) in [6.07, 6.45) is 0.177. The van der Waals surface area contributed by atoms with Crippen LogP contribution in [0, 0.1) is 11.6 Å². The number of para-hydroxylation sites is 1. The molecular formula is C21H23F2N3O2. The molecule has 0 unspecified atom stereocenters. The molecule has 5 nitrogen and oxygen atoms in total. The van der Waals surface area contributed by atoms with Gasteiger partial charge in [0.25, 0.3) is 0 Å². The Hall–Kier alpha value is -2.96. The Balaban J connectivity index is 1.54. The first kappa shape index (κ1) is 19.8. The lowest BCUT2D eigenvalue weighted by molar-refractivity contribution is -0.131. The summed E-state index contributed by atoms with van der Waals surface area (Å²) in [4.78, 5) is 29.6. The molecule has 7 heteroatoms. The largest absolute Gasteiger partial charge is 0.366 e. The van der Waals surface area contributed by atoms with E-state index in [1.165, 1.54) is 42.2 Å². The fourth-order valence-electron chi connectivity index (χ4n) is 3.36. The predicted octanol–water partition coefficient (Wildman–Crippen LogP) is 3.06. The van der Waals surface area contributed by atoms with Gasteiger partial charge < -0.3 is 14.7 Å². The van der Waals surface area contributed by atoms with Gasteiger partial charge in [-0.05, 0) is 36.4 Å². The summed E-state index contributed by atoms with van der Waals surface area (Å²) in [7, 11) is 0. The number of hydrogen-bond acceptors (Lipinski definition) is 3. The topological polar surface area (TPSA) is 43.9 Å². The molecule has 0 saturated carbocycles. The molecule has 0 spiro atoms. The third-order valence-corrected chi connectivity index (χ3v) is 4.89. The summed E-state index contributed by atoms with van der Waals surface area (Å²) in [5.74, 6) is -0.903. The van der Waals surface area contributed by atoms with E-state index in [-0.39, 0.29) is 36.4 Å². The Morgan fingerprint density at radius 2 is 1.61 bits per heavy atom. The second-order valence-electron chi connectivity index (χ2n) is 6.72. The number of carbonyl (C=O) groups excluding carboxylic acids is 2. The number of carbonyl (C=O) groups is 2.